The monoisotopic (exact) mass is 256 g/mol. The Morgan fingerprint density at radius 2 is 2.05 bits per heavy atom. The van der Waals surface area contributed by atoms with E-state index in [4.69, 9.17) is 4.74 Å². The topological polar surface area (TPSA) is 44.9 Å². The van der Waals surface area contributed by atoms with Crippen molar-refractivity contribution in [1.29, 1.82) is 0 Å². The highest BCUT2D eigenvalue weighted by Gasteiger charge is 2.09. The zero-order valence-electron chi connectivity index (χ0n) is 11.3. The Kier molecular flexibility index (Phi) is 2.74. The van der Waals surface area contributed by atoms with Gasteiger partial charge in [0.05, 0.1) is 19.2 Å². The third-order valence-electron chi connectivity index (χ3n) is 3.49. The van der Waals surface area contributed by atoms with Crippen LogP contribution in [0, 0.1) is 6.92 Å². The third kappa shape index (κ3) is 1.87. The first-order chi connectivity index (χ1) is 9.20. The Morgan fingerprint density at radius 1 is 1.21 bits per heavy atom. The van der Waals surface area contributed by atoms with Gasteiger partial charge in [-0.15, -0.1) is 10.2 Å². The van der Waals surface area contributed by atoms with Crippen molar-refractivity contribution >= 4 is 10.9 Å². The van der Waals surface area contributed by atoms with Gasteiger partial charge in [-0.25, -0.2) is 0 Å². The number of aryl methyl sites for hydroxylation is 1. The summed E-state index contributed by atoms with van der Waals surface area (Å²) < 4.78 is 9.53. The summed E-state index contributed by atoms with van der Waals surface area (Å²) in [5.41, 5.74) is 1.14. The van der Waals surface area contributed by atoms with Crippen LogP contribution in [0.15, 0.2) is 30.5 Å². The van der Waals surface area contributed by atoms with Gasteiger partial charge in [0.25, 0.3) is 0 Å². The van der Waals surface area contributed by atoms with Gasteiger partial charge in [0.2, 0.25) is 0 Å². The lowest BCUT2D eigenvalue weighted by molar-refractivity contribution is 0.420. The van der Waals surface area contributed by atoms with E-state index in [-0.39, 0.29) is 0 Å². The van der Waals surface area contributed by atoms with Crippen molar-refractivity contribution < 1.29 is 4.74 Å². The maximum absolute atomic E-state index is 5.37. The van der Waals surface area contributed by atoms with Crippen molar-refractivity contribution in [3.05, 3.63) is 42.1 Å². The first kappa shape index (κ1) is 11.8. The molecule has 0 aliphatic rings. The minimum absolute atomic E-state index is 0.702. The first-order valence-electron chi connectivity index (χ1n) is 6.17. The second kappa shape index (κ2) is 4.42. The van der Waals surface area contributed by atoms with Crippen LogP contribution in [0.2, 0.25) is 0 Å². The van der Waals surface area contributed by atoms with Crippen LogP contribution in [0.1, 0.15) is 11.6 Å². The lowest BCUT2D eigenvalue weighted by Gasteiger charge is -2.06. The maximum atomic E-state index is 5.37. The first-order valence-corrected chi connectivity index (χ1v) is 6.17. The van der Waals surface area contributed by atoms with E-state index in [0.29, 0.717) is 6.54 Å². The van der Waals surface area contributed by atoms with Crippen LogP contribution in [-0.4, -0.2) is 26.4 Å². The molecule has 0 aliphatic heterocycles. The van der Waals surface area contributed by atoms with Gasteiger partial charge in [-0.3, -0.25) is 0 Å². The molecule has 19 heavy (non-hydrogen) atoms. The molecular formula is C14H16N4O. The summed E-state index contributed by atoms with van der Waals surface area (Å²) in [7, 11) is 3.68. The molecule has 5 heteroatoms. The molecule has 0 unspecified atom stereocenters. The number of hydrogen-bond acceptors (Lipinski definition) is 3. The van der Waals surface area contributed by atoms with Crippen LogP contribution in [0.4, 0.5) is 0 Å². The van der Waals surface area contributed by atoms with Crippen LogP contribution in [0.3, 0.4) is 0 Å². The molecule has 2 heterocycles. The fraction of sp³-hybridized carbons (Fsp3) is 0.286. The molecule has 0 amide bonds. The largest absolute Gasteiger partial charge is 0.496 e. The second-order valence-corrected chi connectivity index (χ2v) is 4.56. The average molecular weight is 256 g/mol. The maximum Gasteiger partial charge on any atom is 0.152 e. The molecule has 0 saturated carbocycles. The van der Waals surface area contributed by atoms with E-state index in [1.807, 2.05) is 30.7 Å². The van der Waals surface area contributed by atoms with Crippen molar-refractivity contribution in [3.63, 3.8) is 0 Å². The van der Waals surface area contributed by atoms with Gasteiger partial charge < -0.3 is 13.9 Å². The van der Waals surface area contributed by atoms with Crippen LogP contribution >= 0.6 is 0 Å². The number of fused-ring (bicyclic) bond motifs is 1. The minimum Gasteiger partial charge on any atom is -0.496 e. The molecule has 0 fully saturated rings. The number of benzene rings is 1. The lowest BCUT2D eigenvalue weighted by atomic mass is 10.2. The van der Waals surface area contributed by atoms with Crippen molar-refractivity contribution in [3.8, 4) is 5.75 Å². The number of hydrogen-bond donors (Lipinski definition) is 0. The molecule has 3 rings (SSSR count). The van der Waals surface area contributed by atoms with E-state index in [2.05, 4.69) is 33.1 Å². The van der Waals surface area contributed by atoms with Crippen molar-refractivity contribution in [2.24, 2.45) is 7.05 Å². The standard InChI is InChI=1S/C14H16N4O/c1-10-15-16-14(17(10)2)9-18-8-7-11-12(18)5-4-6-13(11)19-3/h4-8H,9H2,1-3H3. The SMILES string of the molecule is COc1cccc2c1ccn2Cc1nnc(C)n1C. The predicted octanol–water partition coefficient (Wildman–Crippen LogP) is 2.14. The van der Waals surface area contributed by atoms with Gasteiger partial charge in [-0.05, 0) is 25.1 Å². The molecule has 0 aliphatic carbocycles. The molecule has 98 valence electrons. The molecule has 5 nitrogen and oxygen atoms in total. The molecule has 0 radical (unpaired) electrons. The smallest absolute Gasteiger partial charge is 0.152 e. The van der Waals surface area contributed by atoms with Crippen molar-refractivity contribution in [1.82, 2.24) is 19.3 Å². The number of ether oxygens (including phenoxy) is 1. The van der Waals surface area contributed by atoms with Crippen molar-refractivity contribution in [2.45, 2.75) is 13.5 Å². The Bertz CT molecular complexity index is 726. The van der Waals surface area contributed by atoms with Gasteiger partial charge in [0.15, 0.2) is 5.82 Å². The second-order valence-electron chi connectivity index (χ2n) is 4.56. The quantitative estimate of drug-likeness (QED) is 0.721. The minimum atomic E-state index is 0.702. The molecule has 0 bridgehead atoms. The zero-order chi connectivity index (χ0) is 13.4. The van der Waals surface area contributed by atoms with E-state index >= 15 is 0 Å². The molecule has 3 aromatic rings. The summed E-state index contributed by atoms with van der Waals surface area (Å²) >= 11 is 0. The fourth-order valence-electron chi connectivity index (χ4n) is 2.25. The predicted molar refractivity (Wildman–Crippen MR) is 73.3 cm³/mol. The molecule has 0 N–H and O–H groups in total. The van der Waals surface area contributed by atoms with Gasteiger partial charge in [-0.1, -0.05) is 6.07 Å². The Morgan fingerprint density at radius 3 is 2.74 bits per heavy atom. The Balaban J connectivity index is 2.04. The highest BCUT2D eigenvalue weighted by atomic mass is 16.5. The van der Waals surface area contributed by atoms with Crippen LogP contribution < -0.4 is 4.74 Å². The summed E-state index contributed by atoms with van der Waals surface area (Å²) in [4.78, 5) is 0. The molecule has 0 spiro atoms. The van der Waals surface area contributed by atoms with Gasteiger partial charge in [0.1, 0.15) is 11.6 Å². The van der Waals surface area contributed by atoms with Gasteiger partial charge in [0, 0.05) is 18.6 Å². The van der Waals surface area contributed by atoms with Gasteiger partial charge in [-0.2, -0.15) is 0 Å². The molecule has 1 aromatic carbocycles. The Labute approximate surface area is 111 Å². The molecular weight excluding hydrogens is 240 g/mol. The Hall–Kier alpha value is -2.30. The molecule has 2 aromatic heterocycles. The van der Waals surface area contributed by atoms with Crippen molar-refractivity contribution in [2.75, 3.05) is 7.11 Å². The van der Waals surface area contributed by atoms with Crippen LogP contribution in [0.25, 0.3) is 10.9 Å². The number of methoxy groups -OCH3 is 1. The average Bonchev–Trinajstić information content (AvgIpc) is 2.97. The summed E-state index contributed by atoms with van der Waals surface area (Å²) in [6, 6.07) is 8.12. The van der Waals surface area contributed by atoms with Crippen LogP contribution in [-0.2, 0) is 13.6 Å². The molecule has 0 atom stereocenters. The van der Waals surface area contributed by atoms with E-state index in [1.54, 1.807) is 7.11 Å². The van der Waals surface area contributed by atoms with E-state index in [9.17, 15) is 0 Å². The number of aromatic nitrogens is 4. The highest BCUT2D eigenvalue weighted by Crippen LogP contribution is 2.26. The lowest BCUT2D eigenvalue weighted by Crippen LogP contribution is -2.05. The van der Waals surface area contributed by atoms with E-state index in [0.717, 1.165) is 28.3 Å². The summed E-state index contributed by atoms with van der Waals surface area (Å²) in [6.07, 6.45) is 2.05. The normalized spacial score (nSPS) is 11.1. The molecule has 0 saturated heterocycles. The van der Waals surface area contributed by atoms with E-state index < -0.39 is 0 Å². The summed E-state index contributed by atoms with van der Waals surface area (Å²) in [5.74, 6) is 2.76. The zero-order valence-corrected chi connectivity index (χ0v) is 11.3. The highest BCUT2D eigenvalue weighted by molar-refractivity contribution is 5.86. The van der Waals surface area contributed by atoms with Gasteiger partial charge >= 0.3 is 0 Å². The summed E-state index contributed by atoms with van der Waals surface area (Å²) in [5, 5.41) is 9.40. The fourth-order valence-corrected chi connectivity index (χ4v) is 2.25. The number of rotatable bonds is 3. The van der Waals surface area contributed by atoms with Crippen LogP contribution in [0.5, 0.6) is 5.75 Å². The van der Waals surface area contributed by atoms with E-state index in [1.165, 1.54) is 0 Å². The summed E-state index contributed by atoms with van der Waals surface area (Å²) in [6.45, 7) is 2.65. The third-order valence-corrected chi connectivity index (χ3v) is 3.49. The number of nitrogens with zero attached hydrogens (tertiary/aromatic N) is 4.